The Kier molecular flexibility index (Phi) is 5.40. The highest BCUT2D eigenvalue weighted by molar-refractivity contribution is 7.90. The fraction of sp³-hybridized carbons (Fsp3) is 0.250. The van der Waals surface area contributed by atoms with E-state index in [1.807, 2.05) is 0 Å². The number of sulfone groups is 1. The molecule has 2 aromatic rings. The van der Waals surface area contributed by atoms with Crippen molar-refractivity contribution in [2.24, 2.45) is 0 Å². The number of hydrogen-bond donors (Lipinski definition) is 1. The Bertz CT molecular complexity index is 825. The lowest BCUT2D eigenvalue weighted by molar-refractivity contribution is -0.137. The minimum absolute atomic E-state index is 0.141. The smallest absolute Gasteiger partial charge is 0.323 e. The summed E-state index contributed by atoms with van der Waals surface area (Å²) < 4.78 is 30.0. The van der Waals surface area contributed by atoms with Gasteiger partial charge in [-0.2, -0.15) is 0 Å². The number of carboxylic acid groups (broad SMARTS) is 1. The predicted octanol–water partition coefficient (Wildman–Crippen LogP) is 1.80. The predicted molar refractivity (Wildman–Crippen MR) is 85.3 cm³/mol. The van der Waals surface area contributed by atoms with Gasteiger partial charge in [-0.1, -0.05) is 18.2 Å². The highest BCUT2D eigenvalue weighted by atomic mass is 32.2. The number of rotatable bonds is 7. The summed E-state index contributed by atoms with van der Waals surface area (Å²) in [5, 5.41) is 8.85. The summed E-state index contributed by atoms with van der Waals surface area (Å²) in [6, 6.07) is 9.28. The minimum atomic E-state index is -3.64. The van der Waals surface area contributed by atoms with Gasteiger partial charge >= 0.3 is 5.97 Å². The molecule has 2 rings (SSSR count). The molecule has 7 nitrogen and oxygen atoms in total. The van der Waals surface area contributed by atoms with Gasteiger partial charge in [0.15, 0.2) is 15.6 Å². The third-order valence-electron chi connectivity index (χ3n) is 3.38. The van der Waals surface area contributed by atoms with Gasteiger partial charge in [0, 0.05) is 12.1 Å². The first-order valence-corrected chi connectivity index (χ1v) is 8.85. The Morgan fingerprint density at radius 2 is 1.83 bits per heavy atom. The van der Waals surface area contributed by atoms with Crippen molar-refractivity contribution in [3.05, 3.63) is 54.0 Å². The molecule has 8 heteroatoms. The fourth-order valence-electron chi connectivity index (χ4n) is 2.19. The van der Waals surface area contributed by atoms with Gasteiger partial charge in [0.25, 0.3) is 5.91 Å². The topological polar surface area (TPSA) is 105 Å². The zero-order chi connectivity index (χ0) is 17.7. The first kappa shape index (κ1) is 17.7. The summed E-state index contributed by atoms with van der Waals surface area (Å²) in [7, 11) is -3.64. The molecule has 1 N–H and O–H groups in total. The van der Waals surface area contributed by atoms with Crippen molar-refractivity contribution in [1.29, 1.82) is 0 Å². The van der Waals surface area contributed by atoms with Gasteiger partial charge < -0.3 is 14.4 Å². The maximum Gasteiger partial charge on any atom is 0.323 e. The maximum absolute atomic E-state index is 12.4. The monoisotopic (exact) mass is 351 g/mol. The molecule has 0 saturated carbocycles. The van der Waals surface area contributed by atoms with E-state index in [4.69, 9.17) is 9.52 Å². The van der Waals surface area contributed by atoms with Crippen molar-refractivity contribution in [1.82, 2.24) is 4.90 Å². The van der Waals surface area contributed by atoms with E-state index in [0.717, 1.165) is 4.90 Å². The van der Waals surface area contributed by atoms with Gasteiger partial charge in [-0.25, -0.2) is 8.42 Å². The number of amides is 1. The minimum Gasteiger partial charge on any atom is -0.480 e. The van der Waals surface area contributed by atoms with Crippen LogP contribution in [-0.4, -0.2) is 43.4 Å². The van der Waals surface area contributed by atoms with E-state index in [-0.39, 0.29) is 22.8 Å². The fourth-order valence-corrected chi connectivity index (χ4v) is 3.56. The number of hydrogen-bond acceptors (Lipinski definition) is 5. The van der Waals surface area contributed by atoms with Crippen molar-refractivity contribution >= 4 is 21.7 Å². The Balaban J connectivity index is 2.27. The van der Waals surface area contributed by atoms with Gasteiger partial charge in [0.2, 0.25) is 0 Å². The number of aliphatic carboxylic acids is 1. The normalized spacial score (nSPS) is 11.2. The summed E-state index contributed by atoms with van der Waals surface area (Å²) in [5.41, 5.74) is 0.202. The van der Waals surface area contributed by atoms with Crippen LogP contribution in [-0.2, 0) is 20.4 Å². The standard InChI is InChI=1S/C16H17NO6S/c1-2-17(10-14(18)19)16(20)15-12(8-9-23-15)11-24(21,22)13-6-4-3-5-7-13/h3-9H,2,10-11H2,1H3,(H,18,19). The number of benzene rings is 1. The number of carbonyl (C=O) groups excluding carboxylic acids is 1. The Labute approximate surface area is 139 Å². The third-order valence-corrected chi connectivity index (χ3v) is 5.07. The van der Waals surface area contributed by atoms with E-state index < -0.39 is 34.0 Å². The van der Waals surface area contributed by atoms with Crippen LogP contribution in [0, 0.1) is 0 Å². The van der Waals surface area contributed by atoms with Crippen molar-refractivity contribution in [2.75, 3.05) is 13.1 Å². The first-order chi connectivity index (χ1) is 11.3. The van der Waals surface area contributed by atoms with E-state index in [0.29, 0.717) is 0 Å². The lowest BCUT2D eigenvalue weighted by Crippen LogP contribution is -2.35. The second-order valence-corrected chi connectivity index (χ2v) is 7.05. The SMILES string of the molecule is CCN(CC(=O)O)C(=O)c1occc1CS(=O)(=O)c1ccccc1. The molecule has 0 bridgehead atoms. The summed E-state index contributed by atoms with van der Waals surface area (Å²) >= 11 is 0. The van der Waals surface area contributed by atoms with Crippen LogP contribution in [0.1, 0.15) is 23.0 Å². The zero-order valence-corrected chi connectivity index (χ0v) is 13.8. The molecule has 1 aromatic heterocycles. The second kappa shape index (κ2) is 7.31. The lowest BCUT2D eigenvalue weighted by atomic mass is 10.2. The van der Waals surface area contributed by atoms with Crippen LogP contribution < -0.4 is 0 Å². The molecule has 0 aliphatic heterocycles. The molecule has 0 atom stereocenters. The lowest BCUT2D eigenvalue weighted by Gasteiger charge is -2.17. The van der Waals surface area contributed by atoms with Gasteiger partial charge in [0.1, 0.15) is 6.54 Å². The number of nitrogens with zero attached hydrogens (tertiary/aromatic N) is 1. The van der Waals surface area contributed by atoms with Crippen LogP contribution in [0.15, 0.2) is 52.0 Å². The molecule has 1 heterocycles. The van der Waals surface area contributed by atoms with Crippen LogP contribution in [0.5, 0.6) is 0 Å². The molecule has 0 saturated heterocycles. The van der Waals surface area contributed by atoms with E-state index in [9.17, 15) is 18.0 Å². The number of carboxylic acids is 1. The summed E-state index contributed by atoms with van der Waals surface area (Å²) in [5.74, 6) is -2.37. The Hall–Kier alpha value is -2.61. The van der Waals surface area contributed by atoms with Crippen LogP contribution in [0.3, 0.4) is 0 Å². The molecule has 0 unspecified atom stereocenters. The molecule has 0 radical (unpaired) electrons. The quantitative estimate of drug-likeness (QED) is 0.815. The molecule has 24 heavy (non-hydrogen) atoms. The average Bonchev–Trinajstić information content (AvgIpc) is 3.00. The van der Waals surface area contributed by atoms with E-state index in [1.54, 1.807) is 25.1 Å². The maximum atomic E-state index is 12.4. The average molecular weight is 351 g/mol. The van der Waals surface area contributed by atoms with E-state index >= 15 is 0 Å². The van der Waals surface area contributed by atoms with Crippen molar-refractivity contribution in [3.63, 3.8) is 0 Å². The number of likely N-dealkylation sites (N-methyl/N-ethyl adjacent to an activating group) is 1. The molecule has 1 aromatic carbocycles. The van der Waals surface area contributed by atoms with Crippen LogP contribution in [0.25, 0.3) is 0 Å². The van der Waals surface area contributed by atoms with E-state index in [1.165, 1.54) is 24.5 Å². The second-order valence-electron chi connectivity index (χ2n) is 5.06. The molecule has 0 fully saturated rings. The van der Waals surface area contributed by atoms with Crippen LogP contribution >= 0.6 is 0 Å². The van der Waals surface area contributed by atoms with Crippen molar-refractivity contribution in [2.45, 2.75) is 17.6 Å². The molecule has 0 aliphatic rings. The van der Waals surface area contributed by atoms with Gasteiger partial charge in [-0.3, -0.25) is 9.59 Å². The van der Waals surface area contributed by atoms with Gasteiger partial charge in [-0.05, 0) is 25.1 Å². The van der Waals surface area contributed by atoms with Crippen LogP contribution in [0.2, 0.25) is 0 Å². The molecular weight excluding hydrogens is 334 g/mol. The molecule has 0 spiro atoms. The van der Waals surface area contributed by atoms with Gasteiger partial charge in [0.05, 0.1) is 16.9 Å². The highest BCUT2D eigenvalue weighted by Gasteiger charge is 2.26. The highest BCUT2D eigenvalue weighted by Crippen LogP contribution is 2.21. The summed E-state index contributed by atoms with van der Waals surface area (Å²) in [6.07, 6.45) is 1.22. The summed E-state index contributed by atoms with van der Waals surface area (Å²) in [6.45, 7) is 1.31. The Morgan fingerprint density at radius 3 is 2.42 bits per heavy atom. The zero-order valence-electron chi connectivity index (χ0n) is 13.0. The number of carbonyl (C=O) groups is 2. The van der Waals surface area contributed by atoms with Crippen molar-refractivity contribution in [3.8, 4) is 0 Å². The molecule has 128 valence electrons. The number of furan rings is 1. The largest absolute Gasteiger partial charge is 0.480 e. The van der Waals surface area contributed by atoms with E-state index in [2.05, 4.69) is 0 Å². The van der Waals surface area contributed by atoms with Gasteiger partial charge in [-0.15, -0.1) is 0 Å². The molecule has 0 aliphatic carbocycles. The molecular formula is C16H17NO6S. The summed E-state index contributed by atoms with van der Waals surface area (Å²) in [4.78, 5) is 24.4. The van der Waals surface area contributed by atoms with Crippen LogP contribution in [0.4, 0.5) is 0 Å². The van der Waals surface area contributed by atoms with Crippen molar-refractivity contribution < 1.29 is 27.5 Å². The third kappa shape index (κ3) is 4.02. The first-order valence-electron chi connectivity index (χ1n) is 7.20. The Morgan fingerprint density at radius 1 is 1.17 bits per heavy atom. The molecule has 1 amide bonds.